The van der Waals surface area contributed by atoms with Gasteiger partial charge in [0.1, 0.15) is 0 Å². The Hall–Kier alpha value is -0.870. The van der Waals surface area contributed by atoms with Crippen molar-refractivity contribution in [2.45, 2.75) is 19.3 Å². The molecule has 1 N–H and O–H groups in total. The van der Waals surface area contributed by atoms with Crippen LogP contribution in [0.1, 0.15) is 19.3 Å². The average Bonchev–Trinajstić information content (AvgIpc) is 2.39. The van der Waals surface area contributed by atoms with Crippen molar-refractivity contribution in [2.75, 3.05) is 33.4 Å². The summed E-state index contributed by atoms with van der Waals surface area (Å²) in [4.78, 5) is 11.7. The van der Waals surface area contributed by atoms with Gasteiger partial charge in [0.25, 0.3) is 0 Å². The molecule has 0 bridgehead atoms. The van der Waals surface area contributed by atoms with E-state index < -0.39 is 0 Å². The predicted molar refractivity (Wildman–Crippen MR) is 60.1 cm³/mol. The number of nitrogens with one attached hydrogen (secondary N) is 1. The number of carbonyl (C=O) groups excluding carboxylic acids is 1. The minimum atomic E-state index is -0.150. The van der Waals surface area contributed by atoms with E-state index in [0.29, 0.717) is 5.92 Å². The first-order valence-electron chi connectivity index (χ1n) is 5.91. The van der Waals surface area contributed by atoms with E-state index in [4.69, 9.17) is 9.47 Å². The SMILES string of the molecule is COC(=O)C1=C(C2CCOCC2)CNCC1. The molecule has 2 rings (SSSR count). The summed E-state index contributed by atoms with van der Waals surface area (Å²) >= 11 is 0. The van der Waals surface area contributed by atoms with Gasteiger partial charge < -0.3 is 14.8 Å². The first-order valence-corrected chi connectivity index (χ1v) is 5.91. The van der Waals surface area contributed by atoms with Crippen molar-refractivity contribution in [3.63, 3.8) is 0 Å². The van der Waals surface area contributed by atoms with Crippen molar-refractivity contribution in [3.05, 3.63) is 11.1 Å². The molecule has 4 heteroatoms. The monoisotopic (exact) mass is 225 g/mol. The summed E-state index contributed by atoms with van der Waals surface area (Å²) in [6.07, 6.45) is 2.84. The smallest absolute Gasteiger partial charge is 0.333 e. The Labute approximate surface area is 96.0 Å². The molecular weight excluding hydrogens is 206 g/mol. The summed E-state index contributed by atoms with van der Waals surface area (Å²) in [5.41, 5.74) is 2.15. The Kier molecular flexibility index (Phi) is 3.96. The lowest BCUT2D eigenvalue weighted by Gasteiger charge is -2.29. The summed E-state index contributed by atoms with van der Waals surface area (Å²) in [5.74, 6) is 0.346. The molecule has 0 aromatic rings. The zero-order chi connectivity index (χ0) is 11.4. The van der Waals surface area contributed by atoms with E-state index in [0.717, 1.165) is 51.1 Å². The number of hydrogen-bond donors (Lipinski definition) is 1. The molecule has 2 heterocycles. The zero-order valence-corrected chi connectivity index (χ0v) is 9.75. The number of methoxy groups -OCH3 is 1. The fourth-order valence-electron chi connectivity index (χ4n) is 2.50. The molecule has 1 saturated heterocycles. The van der Waals surface area contributed by atoms with E-state index in [-0.39, 0.29) is 5.97 Å². The van der Waals surface area contributed by atoms with Gasteiger partial charge in [-0.25, -0.2) is 4.79 Å². The summed E-state index contributed by atoms with van der Waals surface area (Å²) in [6.45, 7) is 3.32. The van der Waals surface area contributed by atoms with Gasteiger partial charge in [-0.05, 0) is 37.3 Å². The van der Waals surface area contributed by atoms with Crippen LogP contribution < -0.4 is 5.32 Å². The van der Waals surface area contributed by atoms with Crippen molar-refractivity contribution in [2.24, 2.45) is 5.92 Å². The zero-order valence-electron chi connectivity index (χ0n) is 9.75. The summed E-state index contributed by atoms with van der Waals surface area (Å²) in [5, 5.41) is 3.33. The number of esters is 1. The number of carbonyl (C=O) groups is 1. The fourth-order valence-corrected chi connectivity index (χ4v) is 2.50. The number of hydrogen-bond acceptors (Lipinski definition) is 4. The highest BCUT2D eigenvalue weighted by atomic mass is 16.5. The standard InChI is InChI=1S/C12H19NO3/c1-15-12(14)10-2-5-13-8-11(10)9-3-6-16-7-4-9/h9,13H,2-8H2,1H3. The van der Waals surface area contributed by atoms with Gasteiger partial charge in [0.05, 0.1) is 7.11 Å². The number of ether oxygens (including phenoxy) is 2. The molecule has 0 unspecified atom stereocenters. The van der Waals surface area contributed by atoms with Gasteiger partial charge in [-0.1, -0.05) is 0 Å². The maximum Gasteiger partial charge on any atom is 0.333 e. The Balaban J connectivity index is 2.17. The van der Waals surface area contributed by atoms with Gasteiger partial charge >= 0.3 is 5.97 Å². The first kappa shape index (κ1) is 11.6. The van der Waals surface area contributed by atoms with Crippen LogP contribution in [0.4, 0.5) is 0 Å². The Morgan fingerprint density at radius 3 is 2.88 bits per heavy atom. The third kappa shape index (κ3) is 2.44. The quantitative estimate of drug-likeness (QED) is 0.709. The molecule has 0 saturated carbocycles. The third-order valence-electron chi connectivity index (χ3n) is 3.40. The minimum absolute atomic E-state index is 0.150. The van der Waals surface area contributed by atoms with Crippen molar-refractivity contribution < 1.29 is 14.3 Å². The number of rotatable bonds is 2. The lowest BCUT2D eigenvalue weighted by Crippen LogP contribution is -2.33. The van der Waals surface area contributed by atoms with Gasteiger partial charge in [-0.2, -0.15) is 0 Å². The minimum Gasteiger partial charge on any atom is -0.466 e. The first-order chi connectivity index (χ1) is 7.83. The molecule has 16 heavy (non-hydrogen) atoms. The van der Waals surface area contributed by atoms with Crippen molar-refractivity contribution in [1.82, 2.24) is 5.32 Å². The van der Waals surface area contributed by atoms with Gasteiger partial charge in [-0.15, -0.1) is 0 Å². The Morgan fingerprint density at radius 2 is 2.19 bits per heavy atom. The molecule has 90 valence electrons. The van der Waals surface area contributed by atoms with Crippen LogP contribution in [-0.2, 0) is 14.3 Å². The lowest BCUT2D eigenvalue weighted by molar-refractivity contribution is -0.136. The fraction of sp³-hybridized carbons (Fsp3) is 0.750. The molecule has 0 aromatic heterocycles. The molecule has 2 aliphatic heterocycles. The van der Waals surface area contributed by atoms with Crippen LogP contribution in [0.25, 0.3) is 0 Å². The van der Waals surface area contributed by atoms with E-state index in [2.05, 4.69) is 5.32 Å². The van der Waals surface area contributed by atoms with Crippen LogP contribution in [-0.4, -0.2) is 39.4 Å². The second-order valence-electron chi connectivity index (χ2n) is 4.31. The average molecular weight is 225 g/mol. The maximum absolute atomic E-state index is 11.7. The molecule has 2 aliphatic rings. The van der Waals surface area contributed by atoms with E-state index in [1.807, 2.05) is 0 Å². The molecule has 1 fully saturated rings. The maximum atomic E-state index is 11.7. The second kappa shape index (κ2) is 5.46. The van der Waals surface area contributed by atoms with Gasteiger partial charge in [0.2, 0.25) is 0 Å². The largest absolute Gasteiger partial charge is 0.466 e. The summed E-state index contributed by atoms with van der Waals surface area (Å²) in [7, 11) is 1.46. The van der Waals surface area contributed by atoms with Crippen LogP contribution in [0.2, 0.25) is 0 Å². The lowest BCUT2D eigenvalue weighted by atomic mass is 9.85. The van der Waals surface area contributed by atoms with E-state index in [9.17, 15) is 4.79 Å². The van der Waals surface area contributed by atoms with Gasteiger partial charge in [0.15, 0.2) is 0 Å². The molecule has 0 aromatic carbocycles. The Bertz CT molecular complexity index is 293. The Morgan fingerprint density at radius 1 is 1.44 bits per heavy atom. The summed E-state index contributed by atoms with van der Waals surface area (Å²) in [6, 6.07) is 0. The van der Waals surface area contributed by atoms with Crippen molar-refractivity contribution in [3.8, 4) is 0 Å². The van der Waals surface area contributed by atoms with E-state index in [1.165, 1.54) is 12.7 Å². The van der Waals surface area contributed by atoms with Crippen LogP contribution in [0, 0.1) is 5.92 Å². The highest BCUT2D eigenvalue weighted by Crippen LogP contribution is 2.28. The molecule has 0 amide bonds. The normalized spacial score (nSPS) is 23.3. The topological polar surface area (TPSA) is 47.6 Å². The van der Waals surface area contributed by atoms with Crippen LogP contribution >= 0.6 is 0 Å². The van der Waals surface area contributed by atoms with Crippen molar-refractivity contribution in [1.29, 1.82) is 0 Å². The predicted octanol–water partition coefficient (Wildman–Crippen LogP) is 0.876. The van der Waals surface area contributed by atoms with Crippen molar-refractivity contribution >= 4 is 5.97 Å². The molecular formula is C12H19NO3. The molecule has 0 spiro atoms. The van der Waals surface area contributed by atoms with Gasteiger partial charge in [0, 0.05) is 25.3 Å². The molecule has 4 nitrogen and oxygen atoms in total. The van der Waals surface area contributed by atoms with E-state index >= 15 is 0 Å². The highest BCUT2D eigenvalue weighted by Gasteiger charge is 2.26. The van der Waals surface area contributed by atoms with Crippen LogP contribution in [0.3, 0.4) is 0 Å². The molecule has 0 atom stereocenters. The van der Waals surface area contributed by atoms with Crippen LogP contribution in [0.5, 0.6) is 0 Å². The summed E-state index contributed by atoms with van der Waals surface area (Å²) < 4.78 is 10.2. The molecule has 0 aliphatic carbocycles. The van der Waals surface area contributed by atoms with Gasteiger partial charge in [-0.3, -0.25) is 0 Å². The van der Waals surface area contributed by atoms with E-state index in [1.54, 1.807) is 0 Å². The van der Waals surface area contributed by atoms with Crippen LogP contribution in [0.15, 0.2) is 11.1 Å². The highest BCUT2D eigenvalue weighted by molar-refractivity contribution is 5.89. The third-order valence-corrected chi connectivity index (χ3v) is 3.40. The molecule has 0 radical (unpaired) electrons. The second-order valence-corrected chi connectivity index (χ2v) is 4.31.